The topological polar surface area (TPSA) is 29.5 Å². The molecule has 0 aliphatic rings. The van der Waals surface area contributed by atoms with Gasteiger partial charge >= 0.3 is 0 Å². The van der Waals surface area contributed by atoms with Crippen LogP contribution in [0.4, 0.5) is 0 Å². The maximum Gasteiger partial charge on any atom is 0.261 e. The molecule has 0 saturated carbocycles. The zero-order chi connectivity index (χ0) is 21.8. The molecule has 2 nitrogen and oxygen atoms in total. The SMILES string of the molecule is CC(C)(C)[Si](OCC(O)Cc1ccc(Cl)cc1Br)(c1ccccc1)c1ccccc1. The van der Waals surface area contributed by atoms with Gasteiger partial charge in [0.1, 0.15) is 0 Å². The summed E-state index contributed by atoms with van der Waals surface area (Å²) in [7, 11) is -2.64. The lowest BCUT2D eigenvalue weighted by Crippen LogP contribution is -2.67. The number of aliphatic hydroxyl groups excluding tert-OH is 1. The van der Waals surface area contributed by atoms with Crippen molar-refractivity contribution in [1.29, 1.82) is 0 Å². The van der Waals surface area contributed by atoms with Crippen molar-refractivity contribution in [3.05, 3.63) is 93.9 Å². The molecule has 5 heteroatoms. The number of hydrogen-bond donors (Lipinski definition) is 1. The molecule has 1 N–H and O–H groups in total. The van der Waals surface area contributed by atoms with E-state index in [0.29, 0.717) is 11.4 Å². The highest BCUT2D eigenvalue weighted by Gasteiger charge is 2.50. The summed E-state index contributed by atoms with van der Waals surface area (Å²) in [5, 5.41) is 13.8. The summed E-state index contributed by atoms with van der Waals surface area (Å²) in [4.78, 5) is 0. The van der Waals surface area contributed by atoms with Crippen LogP contribution < -0.4 is 10.4 Å². The molecule has 0 aliphatic heterocycles. The molecule has 3 aromatic rings. The van der Waals surface area contributed by atoms with Gasteiger partial charge < -0.3 is 9.53 Å². The molecule has 0 heterocycles. The maximum atomic E-state index is 10.9. The van der Waals surface area contributed by atoms with Gasteiger partial charge in [-0.25, -0.2) is 0 Å². The van der Waals surface area contributed by atoms with Crippen molar-refractivity contribution in [3.8, 4) is 0 Å². The van der Waals surface area contributed by atoms with E-state index in [1.807, 2.05) is 30.3 Å². The molecular weight excluding hydrogens is 476 g/mol. The van der Waals surface area contributed by atoms with E-state index < -0.39 is 14.4 Å². The van der Waals surface area contributed by atoms with Gasteiger partial charge in [-0.05, 0) is 33.1 Å². The monoisotopic (exact) mass is 502 g/mol. The molecule has 1 atom stereocenters. The Labute approximate surface area is 194 Å². The van der Waals surface area contributed by atoms with Crippen molar-refractivity contribution < 1.29 is 9.53 Å². The Hall–Kier alpha value is -1.43. The first kappa shape index (κ1) is 23.2. The summed E-state index contributed by atoms with van der Waals surface area (Å²) in [6.07, 6.45) is -0.125. The van der Waals surface area contributed by atoms with Gasteiger partial charge in [-0.2, -0.15) is 0 Å². The summed E-state index contributed by atoms with van der Waals surface area (Å²) in [6, 6.07) is 26.6. The van der Waals surface area contributed by atoms with E-state index in [4.69, 9.17) is 16.0 Å². The second-order valence-corrected chi connectivity index (χ2v) is 14.2. The Bertz CT molecular complexity index is 918. The van der Waals surface area contributed by atoms with Crippen LogP contribution >= 0.6 is 27.5 Å². The minimum absolute atomic E-state index is 0.115. The van der Waals surface area contributed by atoms with Crippen molar-refractivity contribution in [2.75, 3.05) is 6.61 Å². The number of rotatable bonds is 7. The number of aliphatic hydroxyl groups is 1. The van der Waals surface area contributed by atoms with Crippen LogP contribution in [0.5, 0.6) is 0 Å². The van der Waals surface area contributed by atoms with E-state index in [-0.39, 0.29) is 11.6 Å². The van der Waals surface area contributed by atoms with Gasteiger partial charge in [0.15, 0.2) is 0 Å². The molecule has 0 saturated heterocycles. The van der Waals surface area contributed by atoms with Gasteiger partial charge in [0.25, 0.3) is 8.32 Å². The standard InChI is InChI=1S/C25H28BrClO2Si/c1-25(2,3)30(22-10-6-4-7-11-22,23-12-8-5-9-13-23)29-18-21(28)16-19-14-15-20(27)17-24(19)26/h4-15,17,21,28H,16,18H2,1-3H3. The Morgan fingerprint density at radius 2 is 1.47 bits per heavy atom. The molecule has 0 aliphatic carbocycles. The minimum Gasteiger partial charge on any atom is -0.405 e. The molecular formula is C25H28BrClO2Si. The molecule has 0 aromatic heterocycles. The van der Waals surface area contributed by atoms with Crippen LogP contribution in [-0.4, -0.2) is 26.1 Å². The molecule has 1 unspecified atom stereocenters. The molecule has 0 fully saturated rings. The van der Waals surface area contributed by atoms with Gasteiger partial charge in [-0.3, -0.25) is 0 Å². The summed E-state index contributed by atoms with van der Waals surface area (Å²) < 4.78 is 7.71. The maximum absolute atomic E-state index is 10.9. The third-order valence-electron chi connectivity index (χ3n) is 5.38. The first-order valence-corrected chi connectivity index (χ1v) is 13.2. The van der Waals surface area contributed by atoms with E-state index in [0.717, 1.165) is 10.0 Å². The van der Waals surface area contributed by atoms with E-state index >= 15 is 0 Å². The average molecular weight is 504 g/mol. The molecule has 0 bridgehead atoms. The second kappa shape index (κ2) is 9.80. The number of halogens is 2. The van der Waals surface area contributed by atoms with Gasteiger partial charge in [0.05, 0.1) is 12.7 Å². The van der Waals surface area contributed by atoms with Gasteiger partial charge in [-0.15, -0.1) is 0 Å². The fraction of sp³-hybridized carbons (Fsp3) is 0.280. The largest absolute Gasteiger partial charge is 0.405 e. The van der Waals surface area contributed by atoms with Crippen molar-refractivity contribution >= 4 is 46.2 Å². The van der Waals surface area contributed by atoms with Crippen LogP contribution in [0, 0.1) is 0 Å². The molecule has 0 spiro atoms. The van der Waals surface area contributed by atoms with Crippen LogP contribution in [0.25, 0.3) is 0 Å². The normalized spacial score (nSPS) is 13.3. The summed E-state index contributed by atoms with van der Waals surface area (Å²) in [6.45, 7) is 6.98. The van der Waals surface area contributed by atoms with Crippen LogP contribution in [0.3, 0.4) is 0 Å². The lowest BCUT2D eigenvalue weighted by atomic mass is 10.1. The summed E-state index contributed by atoms with van der Waals surface area (Å²) >= 11 is 9.59. The predicted molar refractivity (Wildman–Crippen MR) is 132 cm³/mol. The Morgan fingerprint density at radius 1 is 0.933 bits per heavy atom. The lowest BCUT2D eigenvalue weighted by Gasteiger charge is -2.43. The summed E-state index contributed by atoms with van der Waals surface area (Å²) in [5.41, 5.74) is 1.01. The first-order valence-electron chi connectivity index (χ1n) is 10.1. The summed E-state index contributed by atoms with van der Waals surface area (Å²) in [5.74, 6) is 0. The van der Waals surface area contributed by atoms with Crippen LogP contribution in [0.15, 0.2) is 83.3 Å². The predicted octanol–water partition coefficient (Wildman–Crippen LogP) is 5.58. The molecule has 158 valence electrons. The van der Waals surface area contributed by atoms with E-state index in [9.17, 15) is 5.11 Å². The molecule has 0 amide bonds. The van der Waals surface area contributed by atoms with Gasteiger partial charge in [0, 0.05) is 15.9 Å². The Kier molecular flexibility index (Phi) is 7.59. The smallest absolute Gasteiger partial charge is 0.261 e. The second-order valence-electron chi connectivity index (χ2n) is 8.57. The van der Waals surface area contributed by atoms with Crippen molar-refractivity contribution in [3.63, 3.8) is 0 Å². The van der Waals surface area contributed by atoms with E-state index in [2.05, 4.69) is 85.2 Å². The van der Waals surface area contributed by atoms with Gasteiger partial charge in [-0.1, -0.05) is 115 Å². The Morgan fingerprint density at radius 3 is 1.93 bits per heavy atom. The highest BCUT2D eigenvalue weighted by atomic mass is 79.9. The lowest BCUT2D eigenvalue weighted by molar-refractivity contribution is 0.102. The third-order valence-corrected chi connectivity index (χ3v) is 11.4. The molecule has 0 radical (unpaired) electrons. The molecule has 3 rings (SSSR count). The zero-order valence-corrected chi connectivity index (χ0v) is 21.0. The number of hydrogen-bond acceptors (Lipinski definition) is 2. The average Bonchev–Trinajstić information content (AvgIpc) is 2.71. The van der Waals surface area contributed by atoms with Crippen molar-refractivity contribution in [2.45, 2.75) is 38.3 Å². The fourth-order valence-electron chi connectivity index (χ4n) is 3.98. The fourth-order valence-corrected chi connectivity index (χ4v) is 9.43. The minimum atomic E-state index is -2.64. The quantitative estimate of drug-likeness (QED) is 0.426. The van der Waals surface area contributed by atoms with Crippen LogP contribution in [0.1, 0.15) is 26.3 Å². The number of benzene rings is 3. The van der Waals surface area contributed by atoms with E-state index in [1.54, 1.807) is 0 Å². The van der Waals surface area contributed by atoms with Crippen molar-refractivity contribution in [2.24, 2.45) is 0 Å². The van der Waals surface area contributed by atoms with E-state index in [1.165, 1.54) is 10.4 Å². The van der Waals surface area contributed by atoms with Crippen LogP contribution in [0.2, 0.25) is 10.1 Å². The highest BCUT2D eigenvalue weighted by molar-refractivity contribution is 9.10. The van der Waals surface area contributed by atoms with Crippen molar-refractivity contribution in [1.82, 2.24) is 0 Å². The Balaban J connectivity index is 1.93. The zero-order valence-electron chi connectivity index (χ0n) is 17.6. The highest BCUT2D eigenvalue weighted by Crippen LogP contribution is 2.37. The van der Waals surface area contributed by atoms with Crippen LogP contribution in [-0.2, 0) is 10.8 Å². The van der Waals surface area contributed by atoms with Gasteiger partial charge in [0.2, 0.25) is 0 Å². The first-order chi connectivity index (χ1) is 14.2. The molecule has 3 aromatic carbocycles. The molecule has 30 heavy (non-hydrogen) atoms. The third kappa shape index (κ3) is 5.06.